The highest BCUT2D eigenvalue weighted by Crippen LogP contribution is 2.42. The highest BCUT2D eigenvalue weighted by molar-refractivity contribution is 5.09. The van der Waals surface area contributed by atoms with Gasteiger partial charge >= 0.3 is 0 Å². The maximum absolute atomic E-state index is 9.20. The summed E-state index contributed by atoms with van der Waals surface area (Å²) in [5, 5.41) is 9.20. The summed E-state index contributed by atoms with van der Waals surface area (Å²) in [4.78, 5) is 0. The first-order valence-electron chi connectivity index (χ1n) is 5.21. The molecule has 1 fully saturated rings. The predicted molar refractivity (Wildman–Crippen MR) is 52.7 cm³/mol. The molecule has 0 amide bonds. The Balaban J connectivity index is 2.13. The van der Waals surface area contributed by atoms with Crippen LogP contribution in [0.25, 0.3) is 0 Å². The first kappa shape index (κ1) is 10.1. The molecule has 2 rings (SSSR count). The lowest BCUT2D eigenvalue weighted by Gasteiger charge is -2.26. The average Bonchev–Trinajstić information content (AvgIpc) is 2.55. The quantitative estimate of drug-likeness (QED) is 0.680. The maximum Gasteiger partial charge on any atom is 0.161 e. The van der Waals surface area contributed by atoms with Crippen molar-refractivity contribution in [3.63, 3.8) is 0 Å². The Labute approximate surface area is 84.7 Å². The van der Waals surface area contributed by atoms with Crippen LogP contribution in [0.4, 0.5) is 0 Å². The molecule has 80 valence electrons. The largest absolute Gasteiger partial charge is 0.394 e. The van der Waals surface area contributed by atoms with E-state index in [1.165, 1.54) is 5.57 Å². The Morgan fingerprint density at radius 1 is 1.57 bits per heavy atom. The number of rotatable bonds is 2. The molecule has 0 aromatic heterocycles. The van der Waals surface area contributed by atoms with E-state index in [-0.39, 0.29) is 19.0 Å². The first-order valence-corrected chi connectivity index (χ1v) is 5.21. The van der Waals surface area contributed by atoms with Crippen molar-refractivity contribution in [2.24, 2.45) is 11.8 Å². The second-order valence-electron chi connectivity index (χ2n) is 4.28. The Bertz CT molecular complexity index is 237. The van der Waals surface area contributed by atoms with Gasteiger partial charge in [0, 0.05) is 13.0 Å². The van der Waals surface area contributed by atoms with Crippen molar-refractivity contribution in [1.82, 2.24) is 0 Å². The summed E-state index contributed by atoms with van der Waals surface area (Å²) in [5.74, 6) is 0.871. The van der Waals surface area contributed by atoms with Crippen molar-refractivity contribution < 1.29 is 14.6 Å². The average molecular weight is 198 g/mol. The van der Waals surface area contributed by atoms with Crippen LogP contribution in [0, 0.1) is 11.8 Å². The van der Waals surface area contributed by atoms with Crippen LogP contribution >= 0.6 is 0 Å². The Kier molecular flexibility index (Phi) is 2.91. The van der Waals surface area contributed by atoms with Gasteiger partial charge in [-0.15, -0.1) is 0 Å². The molecule has 0 saturated carbocycles. The van der Waals surface area contributed by atoms with Crippen LogP contribution in [0.1, 0.15) is 19.8 Å². The summed E-state index contributed by atoms with van der Waals surface area (Å²) in [6.07, 6.45) is 4.16. The third-order valence-corrected chi connectivity index (χ3v) is 3.39. The maximum atomic E-state index is 9.20. The van der Waals surface area contributed by atoms with Crippen molar-refractivity contribution in [2.75, 3.05) is 13.7 Å². The third-order valence-electron chi connectivity index (χ3n) is 3.39. The number of hydrogen-bond donors (Lipinski definition) is 1. The fourth-order valence-electron chi connectivity index (χ4n) is 2.62. The Morgan fingerprint density at radius 2 is 2.36 bits per heavy atom. The molecule has 0 aromatic rings. The number of aliphatic hydroxyl groups excluding tert-OH is 1. The summed E-state index contributed by atoms with van der Waals surface area (Å²) in [6, 6.07) is 0. The minimum absolute atomic E-state index is 0.0337. The number of ether oxygens (including phenoxy) is 2. The van der Waals surface area contributed by atoms with E-state index in [2.05, 4.69) is 13.0 Å². The molecule has 0 aromatic carbocycles. The van der Waals surface area contributed by atoms with Crippen LogP contribution in [0.2, 0.25) is 0 Å². The molecule has 3 heteroatoms. The van der Waals surface area contributed by atoms with Gasteiger partial charge in [-0.1, -0.05) is 11.6 Å². The summed E-state index contributed by atoms with van der Waals surface area (Å²) >= 11 is 0. The normalized spacial score (nSPS) is 42.1. The van der Waals surface area contributed by atoms with Gasteiger partial charge in [0.1, 0.15) is 0 Å². The van der Waals surface area contributed by atoms with Crippen LogP contribution in [0.15, 0.2) is 11.6 Å². The van der Waals surface area contributed by atoms with Crippen molar-refractivity contribution in [3.05, 3.63) is 11.6 Å². The molecule has 0 radical (unpaired) electrons. The van der Waals surface area contributed by atoms with E-state index >= 15 is 0 Å². The lowest BCUT2D eigenvalue weighted by atomic mass is 9.78. The molecule has 0 spiro atoms. The number of aliphatic hydroxyl groups is 1. The van der Waals surface area contributed by atoms with Gasteiger partial charge in [0.05, 0.1) is 12.7 Å². The smallest absolute Gasteiger partial charge is 0.161 e. The minimum atomic E-state index is -0.124. The van der Waals surface area contributed by atoms with E-state index in [9.17, 15) is 5.11 Å². The summed E-state index contributed by atoms with van der Waals surface area (Å²) in [6.45, 7) is 2.25. The predicted octanol–water partition coefficient (Wildman–Crippen LogP) is 1.32. The van der Waals surface area contributed by atoms with Crippen molar-refractivity contribution >= 4 is 0 Å². The fourth-order valence-corrected chi connectivity index (χ4v) is 2.62. The van der Waals surface area contributed by atoms with Crippen LogP contribution < -0.4 is 0 Å². The molecule has 0 bridgehead atoms. The van der Waals surface area contributed by atoms with Gasteiger partial charge < -0.3 is 14.6 Å². The second kappa shape index (κ2) is 4.01. The number of methoxy groups -OCH3 is 1. The van der Waals surface area contributed by atoms with Gasteiger partial charge in [-0.05, 0) is 25.7 Å². The van der Waals surface area contributed by atoms with E-state index in [1.54, 1.807) is 7.11 Å². The van der Waals surface area contributed by atoms with E-state index < -0.39 is 0 Å². The lowest BCUT2D eigenvalue weighted by molar-refractivity contribution is -0.137. The van der Waals surface area contributed by atoms with E-state index in [1.807, 2.05) is 0 Å². The summed E-state index contributed by atoms with van der Waals surface area (Å²) in [5.41, 5.74) is 1.41. The Morgan fingerprint density at radius 3 is 3.00 bits per heavy atom. The minimum Gasteiger partial charge on any atom is -0.394 e. The standard InChI is InChI=1S/C11H18O3/c1-7-3-4-8-9(5-7)10(6-12)14-11(8)13-2/h3,8-12H,4-6H2,1-2H3/t8-,9+,10?,11?/m1/s1. The van der Waals surface area contributed by atoms with Crippen molar-refractivity contribution in [3.8, 4) is 0 Å². The van der Waals surface area contributed by atoms with Crippen LogP contribution in [-0.2, 0) is 9.47 Å². The zero-order chi connectivity index (χ0) is 10.1. The molecule has 4 atom stereocenters. The van der Waals surface area contributed by atoms with E-state index in [4.69, 9.17) is 9.47 Å². The van der Waals surface area contributed by atoms with Gasteiger partial charge in [-0.3, -0.25) is 0 Å². The number of hydrogen-bond acceptors (Lipinski definition) is 3. The summed E-state index contributed by atoms with van der Waals surface area (Å²) in [7, 11) is 1.67. The molecule has 3 nitrogen and oxygen atoms in total. The van der Waals surface area contributed by atoms with E-state index in [0.29, 0.717) is 11.8 Å². The molecule has 1 saturated heterocycles. The van der Waals surface area contributed by atoms with Gasteiger partial charge in [-0.2, -0.15) is 0 Å². The molecule has 14 heavy (non-hydrogen) atoms. The lowest BCUT2D eigenvalue weighted by Crippen LogP contribution is -2.27. The van der Waals surface area contributed by atoms with Gasteiger partial charge in [0.25, 0.3) is 0 Å². The molecule has 2 unspecified atom stereocenters. The van der Waals surface area contributed by atoms with Gasteiger partial charge in [0.15, 0.2) is 6.29 Å². The third kappa shape index (κ3) is 1.60. The summed E-state index contributed by atoms with van der Waals surface area (Å²) < 4.78 is 10.9. The van der Waals surface area contributed by atoms with E-state index in [0.717, 1.165) is 12.8 Å². The second-order valence-corrected chi connectivity index (χ2v) is 4.28. The van der Waals surface area contributed by atoms with Crippen LogP contribution in [0.5, 0.6) is 0 Å². The van der Waals surface area contributed by atoms with Gasteiger partial charge in [0.2, 0.25) is 0 Å². The molecule has 1 heterocycles. The zero-order valence-corrected chi connectivity index (χ0v) is 8.77. The monoisotopic (exact) mass is 198 g/mol. The van der Waals surface area contributed by atoms with Crippen LogP contribution in [0.3, 0.4) is 0 Å². The molecular formula is C11H18O3. The SMILES string of the molecule is COC1OC(CO)[C@H]2CC(C)=CC[C@@H]12. The molecule has 2 aliphatic rings. The van der Waals surface area contributed by atoms with Crippen molar-refractivity contribution in [1.29, 1.82) is 0 Å². The van der Waals surface area contributed by atoms with Gasteiger partial charge in [-0.25, -0.2) is 0 Å². The zero-order valence-electron chi connectivity index (χ0n) is 8.77. The molecule has 1 aliphatic heterocycles. The molecule has 1 N–H and O–H groups in total. The molecular weight excluding hydrogens is 180 g/mol. The van der Waals surface area contributed by atoms with Crippen molar-refractivity contribution in [2.45, 2.75) is 32.2 Å². The topological polar surface area (TPSA) is 38.7 Å². The first-order chi connectivity index (χ1) is 6.76. The Hall–Kier alpha value is -0.380. The fraction of sp³-hybridized carbons (Fsp3) is 0.818. The highest BCUT2D eigenvalue weighted by Gasteiger charge is 2.44. The number of allylic oxidation sites excluding steroid dienone is 2. The number of fused-ring (bicyclic) bond motifs is 1. The van der Waals surface area contributed by atoms with Crippen LogP contribution in [-0.4, -0.2) is 31.2 Å². The highest BCUT2D eigenvalue weighted by atomic mass is 16.7. The molecule has 1 aliphatic carbocycles.